The van der Waals surface area contributed by atoms with E-state index < -0.39 is 5.60 Å². The smallest absolute Gasteiger partial charge is 0.355 e. The number of nitrogens with zero attached hydrogens (tertiary/aromatic N) is 1. The van der Waals surface area contributed by atoms with Gasteiger partial charge in [-0.3, -0.25) is 0 Å². The molecular formula is C13H20N2O2. The van der Waals surface area contributed by atoms with Gasteiger partial charge >= 0.3 is 5.97 Å². The molecule has 4 heteroatoms. The predicted octanol–water partition coefficient (Wildman–Crippen LogP) is 2.11. The number of hydrogen-bond acceptors (Lipinski definition) is 3. The van der Waals surface area contributed by atoms with Crippen LogP contribution in [0.5, 0.6) is 0 Å². The molecule has 0 aromatic carbocycles. The zero-order valence-electron chi connectivity index (χ0n) is 10.9. The first kappa shape index (κ1) is 12.2. The summed E-state index contributed by atoms with van der Waals surface area (Å²) in [5, 5.41) is 3.37. The highest BCUT2D eigenvalue weighted by atomic mass is 16.6. The second-order valence-corrected chi connectivity index (χ2v) is 5.47. The molecule has 0 radical (unpaired) electrons. The van der Waals surface area contributed by atoms with E-state index in [2.05, 4.69) is 16.8 Å². The van der Waals surface area contributed by atoms with Gasteiger partial charge in [0.15, 0.2) is 0 Å². The topological polar surface area (TPSA) is 43.3 Å². The minimum absolute atomic E-state index is 0.238. The Balaban J connectivity index is 2.25. The molecule has 2 rings (SSSR count). The molecule has 0 bridgehead atoms. The van der Waals surface area contributed by atoms with E-state index >= 15 is 0 Å². The SMILES string of the molecule is CC1NCCn2c(C(=O)OC(C)(C)C)ccc21. The van der Waals surface area contributed by atoms with E-state index in [9.17, 15) is 4.79 Å². The number of carbonyl (C=O) groups excluding carboxylic acids is 1. The first-order valence-electron chi connectivity index (χ1n) is 6.04. The normalized spacial score (nSPS) is 19.9. The van der Waals surface area contributed by atoms with Crippen LogP contribution in [0.4, 0.5) is 0 Å². The van der Waals surface area contributed by atoms with Crippen molar-refractivity contribution in [3.63, 3.8) is 0 Å². The van der Waals surface area contributed by atoms with Gasteiger partial charge in [-0.05, 0) is 39.8 Å². The van der Waals surface area contributed by atoms with Crippen molar-refractivity contribution in [1.82, 2.24) is 9.88 Å². The van der Waals surface area contributed by atoms with Gasteiger partial charge in [0.2, 0.25) is 0 Å². The van der Waals surface area contributed by atoms with Crippen molar-refractivity contribution in [3.8, 4) is 0 Å². The summed E-state index contributed by atoms with van der Waals surface area (Å²) in [6, 6.07) is 4.14. The molecule has 1 aliphatic rings. The summed E-state index contributed by atoms with van der Waals surface area (Å²) in [6.45, 7) is 9.46. The van der Waals surface area contributed by atoms with Gasteiger partial charge in [0.25, 0.3) is 0 Å². The Morgan fingerprint density at radius 1 is 1.47 bits per heavy atom. The average molecular weight is 236 g/mol. The number of ether oxygens (including phenoxy) is 1. The Labute approximate surface area is 102 Å². The molecule has 1 N–H and O–H groups in total. The highest BCUT2D eigenvalue weighted by Gasteiger charge is 2.25. The Morgan fingerprint density at radius 2 is 2.18 bits per heavy atom. The third-order valence-corrected chi connectivity index (χ3v) is 2.85. The molecule has 94 valence electrons. The molecule has 17 heavy (non-hydrogen) atoms. The van der Waals surface area contributed by atoms with E-state index in [4.69, 9.17) is 4.74 Å². The van der Waals surface area contributed by atoms with E-state index in [-0.39, 0.29) is 5.97 Å². The second kappa shape index (κ2) is 4.18. The zero-order chi connectivity index (χ0) is 12.6. The predicted molar refractivity (Wildman–Crippen MR) is 66.0 cm³/mol. The van der Waals surface area contributed by atoms with Crippen LogP contribution in [0.1, 0.15) is 49.9 Å². The number of aromatic nitrogens is 1. The fraction of sp³-hybridized carbons (Fsp3) is 0.615. The summed E-state index contributed by atoms with van der Waals surface area (Å²) in [4.78, 5) is 12.0. The lowest BCUT2D eigenvalue weighted by Crippen LogP contribution is -2.33. The maximum atomic E-state index is 12.0. The molecule has 0 saturated carbocycles. The van der Waals surface area contributed by atoms with Gasteiger partial charge in [-0.25, -0.2) is 4.79 Å². The van der Waals surface area contributed by atoms with Gasteiger partial charge in [0.05, 0.1) is 0 Å². The first-order valence-corrected chi connectivity index (χ1v) is 6.04. The maximum Gasteiger partial charge on any atom is 0.355 e. The summed E-state index contributed by atoms with van der Waals surface area (Å²) >= 11 is 0. The van der Waals surface area contributed by atoms with E-state index in [0.717, 1.165) is 18.8 Å². The number of carbonyl (C=O) groups is 1. The van der Waals surface area contributed by atoms with E-state index in [1.165, 1.54) is 0 Å². The Kier molecular flexibility index (Phi) is 3.00. The average Bonchev–Trinajstić information content (AvgIpc) is 2.60. The Bertz CT molecular complexity index is 429. The number of fused-ring (bicyclic) bond motifs is 1. The first-order chi connectivity index (χ1) is 7.88. The fourth-order valence-electron chi connectivity index (χ4n) is 2.12. The Hall–Kier alpha value is -1.29. The van der Waals surface area contributed by atoms with Crippen molar-refractivity contribution < 1.29 is 9.53 Å². The van der Waals surface area contributed by atoms with Crippen LogP contribution >= 0.6 is 0 Å². The van der Waals surface area contributed by atoms with E-state index in [1.54, 1.807) is 0 Å². The number of hydrogen-bond donors (Lipinski definition) is 1. The van der Waals surface area contributed by atoms with Crippen molar-refractivity contribution in [1.29, 1.82) is 0 Å². The molecule has 2 heterocycles. The molecule has 1 aliphatic heterocycles. The van der Waals surface area contributed by atoms with Gasteiger partial charge in [-0.2, -0.15) is 0 Å². The van der Waals surface area contributed by atoms with Crippen LogP contribution in [0, 0.1) is 0 Å². The second-order valence-electron chi connectivity index (χ2n) is 5.47. The summed E-state index contributed by atoms with van der Waals surface area (Å²) in [5.74, 6) is -0.238. The Morgan fingerprint density at radius 3 is 2.82 bits per heavy atom. The van der Waals surface area contributed by atoms with Gasteiger partial charge in [0.1, 0.15) is 11.3 Å². The van der Waals surface area contributed by atoms with Crippen LogP contribution in [-0.4, -0.2) is 22.7 Å². The zero-order valence-corrected chi connectivity index (χ0v) is 10.9. The van der Waals surface area contributed by atoms with Gasteiger partial charge in [-0.15, -0.1) is 0 Å². The summed E-state index contributed by atoms with van der Waals surface area (Å²) in [7, 11) is 0. The summed E-state index contributed by atoms with van der Waals surface area (Å²) in [5.41, 5.74) is 1.36. The van der Waals surface area contributed by atoms with Crippen LogP contribution < -0.4 is 5.32 Å². The standard InChI is InChI=1S/C13H20N2O2/c1-9-10-5-6-11(15(10)8-7-14-9)12(16)17-13(2,3)4/h5-6,9,14H,7-8H2,1-4H3. The molecule has 1 aromatic rings. The van der Waals surface area contributed by atoms with Crippen molar-refractivity contribution in [2.45, 2.75) is 45.9 Å². The molecule has 1 aromatic heterocycles. The quantitative estimate of drug-likeness (QED) is 0.759. The molecule has 0 fully saturated rings. The highest BCUT2D eigenvalue weighted by molar-refractivity contribution is 5.88. The lowest BCUT2D eigenvalue weighted by atomic mass is 10.2. The lowest BCUT2D eigenvalue weighted by molar-refractivity contribution is 0.00566. The van der Waals surface area contributed by atoms with Crippen LogP contribution in [-0.2, 0) is 11.3 Å². The molecule has 4 nitrogen and oxygen atoms in total. The van der Waals surface area contributed by atoms with Crippen molar-refractivity contribution in [2.24, 2.45) is 0 Å². The summed E-state index contributed by atoms with van der Waals surface area (Å²) in [6.07, 6.45) is 0. The molecule has 0 saturated heterocycles. The summed E-state index contributed by atoms with van der Waals surface area (Å²) < 4.78 is 7.45. The lowest BCUT2D eigenvalue weighted by Gasteiger charge is -2.25. The third kappa shape index (κ3) is 2.52. The monoisotopic (exact) mass is 236 g/mol. The third-order valence-electron chi connectivity index (χ3n) is 2.85. The number of nitrogens with one attached hydrogen (secondary N) is 1. The number of rotatable bonds is 1. The van der Waals surface area contributed by atoms with Crippen LogP contribution in [0.15, 0.2) is 12.1 Å². The molecule has 0 aliphatic carbocycles. The maximum absolute atomic E-state index is 12.0. The molecule has 1 atom stereocenters. The molecule has 0 spiro atoms. The molecule has 1 unspecified atom stereocenters. The van der Waals surface area contributed by atoms with Gasteiger partial charge in [0, 0.05) is 24.8 Å². The van der Waals surface area contributed by atoms with Crippen LogP contribution in [0.25, 0.3) is 0 Å². The minimum atomic E-state index is -0.444. The molecule has 0 amide bonds. The van der Waals surface area contributed by atoms with Crippen molar-refractivity contribution >= 4 is 5.97 Å². The van der Waals surface area contributed by atoms with E-state index in [1.807, 2.05) is 32.9 Å². The van der Waals surface area contributed by atoms with E-state index in [0.29, 0.717) is 11.7 Å². The van der Waals surface area contributed by atoms with Crippen LogP contribution in [0.3, 0.4) is 0 Å². The number of esters is 1. The van der Waals surface area contributed by atoms with Gasteiger partial charge < -0.3 is 14.6 Å². The van der Waals surface area contributed by atoms with Crippen LogP contribution in [0.2, 0.25) is 0 Å². The highest BCUT2D eigenvalue weighted by Crippen LogP contribution is 2.22. The molecular weight excluding hydrogens is 216 g/mol. The minimum Gasteiger partial charge on any atom is -0.455 e. The largest absolute Gasteiger partial charge is 0.455 e. The van der Waals surface area contributed by atoms with Gasteiger partial charge in [-0.1, -0.05) is 0 Å². The van der Waals surface area contributed by atoms with Crippen molar-refractivity contribution in [3.05, 3.63) is 23.5 Å². The van der Waals surface area contributed by atoms with Crippen molar-refractivity contribution in [2.75, 3.05) is 6.54 Å². The fourth-order valence-corrected chi connectivity index (χ4v) is 2.12.